The predicted molar refractivity (Wildman–Crippen MR) is 180 cm³/mol. The van der Waals surface area contributed by atoms with E-state index >= 15 is 0 Å². The molecule has 2 unspecified atom stereocenters. The first-order chi connectivity index (χ1) is 21.6. The molecule has 0 spiro atoms. The van der Waals surface area contributed by atoms with Crippen molar-refractivity contribution in [2.24, 2.45) is 0 Å². The molecule has 0 aliphatic carbocycles. The van der Waals surface area contributed by atoms with Crippen LogP contribution in [0.15, 0.2) is 60.8 Å². The molecule has 2 atom stereocenters. The zero-order valence-electron chi connectivity index (χ0n) is 27.8. The van der Waals surface area contributed by atoms with Crippen molar-refractivity contribution in [1.82, 2.24) is 19.6 Å². The van der Waals surface area contributed by atoms with E-state index in [1.807, 2.05) is 46.7 Å². The van der Waals surface area contributed by atoms with Crippen LogP contribution in [0, 0.1) is 0 Å². The SMILES string of the molecule is CC(COCCOCCn1ccc(-c2nn(C3CCCCO3)c3ccc(O[Si](C)(C)C(C)(C)C)cc23)n1)OCc1ccccc1. The van der Waals surface area contributed by atoms with Crippen molar-refractivity contribution in [3.63, 3.8) is 0 Å². The van der Waals surface area contributed by atoms with Gasteiger partial charge in [0, 0.05) is 18.2 Å². The number of benzene rings is 2. The fourth-order valence-corrected chi connectivity index (χ4v) is 6.08. The summed E-state index contributed by atoms with van der Waals surface area (Å²) in [7, 11) is -2.00. The summed E-state index contributed by atoms with van der Waals surface area (Å²) in [6, 6.07) is 18.5. The second-order valence-electron chi connectivity index (χ2n) is 13.4. The molecular formula is C35H50N4O5Si. The van der Waals surface area contributed by atoms with Gasteiger partial charge in [0.15, 0.2) is 6.23 Å². The van der Waals surface area contributed by atoms with Gasteiger partial charge < -0.3 is 23.4 Å². The van der Waals surface area contributed by atoms with Crippen LogP contribution in [0.25, 0.3) is 22.3 Å². The van der Waals surface area contributed by atoms with Gasteiger partial charge in [-0.25, -0.2) is 4.68 Å². The Kier molecular flexibility index (Phi) is 11.1. The Morgan fingerprint density at radius 2 is 1.78 bits per heavy atom. The fraction of sp³-hybridized carbons (Fsp3) is 0.543. The van der Waals surface area contributed by atoms with Crippen LogP contribution in [0.5, 0.6) is 5.75 Å². The first kappa shape index (κ1) is 33.3. The summed E-state index contributed by atoms with van der Waals surface area (Å²) < 4.78 is 34.2. The van der Waals surface area contributed by atoms with E-state index in [0.29, 0.717) is 39.6 Å². The normalized spacial score (nSPS) is 16.7. The van der Waals surface area contributed by atoms with E-state index in [1.165, 1.54) is 0 Å². The van der Waals surface area contributed by atoms with E-state index in [2.05, 4.69) is 64.2 Å². The molecule has 0 radical (unpaired) electrons. The molecule has 2 aromatic carbocycles. The Labute approximate surface area is 268 Å². The second kappa shape index (κ2) is 15.0. The Morgan fingerprint density at radius 1 is 0.978 bits per heavy atom. The number of hydrogen-bond donors (Lipinski definition) is 0. The lowest BCUT2D eigenvalue weighted by Crippen LogP contribution is -2.43. The van der Waals surface area contributed by atoms with Crippen molar-refractivity contribution in [1.29, 1.82) is 0 Å². The molecule has 2 aromatic heterocycles. The first-order valence-electron chi connectivity index (χ1n) is 16.3. The average molecular weight is 635 g/mol. The molecule has 0 saturated carbocycles. The third kappa shape index (κ3) is 8.83. The maximum absolute atomic E-state index is 6.67. The van der Waals surface area contributed by atoms with E-state index in [1.54, 1.807) is 0 Å². The Morgan fingerprint density at radius 3 is 2.53 bits per heavy atom. The highest BCUT2D eigenvalue weighted by Gasteiger charge is 2.39. The van der Waals surface area contributed by atoms with Crippen molar-refractivity contribution in [2.45, 2.75) is 90.6 Å². The van der Waals surface area contributed by atoms with Gasteiger partial charge >= 0.3 is 0 Å². The van der Waals surface area contributed by atoms with Gasteiger partial charge in [-0.2, -0.15) is 10.2 Å². The molecule has 45 heavy (non-hydrogen) atoms. The summed E-state index contributed by atoms with van der Waals surface area (Å²) in [6.45, 7) is 17.5. The smallest absolute Gasteiger partial charge is 0.250 e. The highest BCUT2D eigenvalue weighted by molar-refractivity contribution is 6.74. The molecule has 1 fully saturated rings. The largest absolute Gasteiger partial charge is 0.543 e. The van der Waals surface area contributed by atoms with Crippen LogP contribution in [0.1, 0.15) is 58.7 Å². The molecule has 4 aromatic rings. The topological polar surface area (TPSA) is 81.8 Å². The second-order valence-corrected chi connectivity index (χ2v) is 18.1. The fourth-order valence-electron chi connectivity index (χ4n) is 5.06. The summed E-state index contributed by atoms with van der Waals surface area (Å²) in [4.78, 5) is 0. The zero-order valence-corrected chi connectivity index (χ0v) is 28.8. The third-order valence-electron chi connectivity index (χ3n) is 8.74. The maximum atomic E-state index is 6.67. The number of aromatic nitrogens is 4. The van der Waals surface area contributed by atoms with Gasteiger partial charge in [0.1, 0.15) is 17.1 Å². The van der Waals surface area contributed by atoms with E-state index in [4.69, 9.17) is 33.6 Å². The molecule has 10 heteroatoms. The van der Waals surface area contributed by atoms with Gasteiger partial charge in [0.25, 0.3) is 0 Å². The third-order valence-corrected chi connectivity index (χ3v) is 13.1. The minimum absolute atomic E-state index is 0.0200. The Balaban J connectivity index is 1.17. The molecule has 0 bridgehead atoms. The average Bonchev–Trinajstić information content (AvgIpc) is 3.64. The van der Waals surface area contributed by atoms with Gasteiger partial charge in [-0.15, -0.1) is 0 Å². The number of fused-ring (bicyclic) bond motifs is 1. The molecule has 1 aliphatic heterocycles. The summed E-state index contributed by atoms with van der Waals surface area (Å²) in [6.07, 6.45) is 5.11. The van der Waals surface area contributed by atoms with Crippen molar-refractivity contribution in [3.8, 4) is 17.1 Å². The van der Waals surface area contributed by atoms with E-state index < -0.39 is 8.32 Å². The Bertz CT molecular complexity index is 1490. The summed E-state index contributed by atoms with van der Waals surface area (Å²) >= 11 is 0. The van der Waals surface area contributed by atoms with Crippen LogP contribution < -0.4 is 4.43 Å². The van der Waals surface area contributed by atoms with Crippen molar-refractivity contribution < 1.29 is 23.4 Å². The number of hydrogen-bond acceptors (Lipinski definition) is 7. The molecule has 244 valence electrons. The molecule has 1 saturated heterocycles. The lowest BCUT2D eigenvalue weighted by molar-refractivity contribution is -0.0365. The monoisotopic (exact) mass is 634 g/mol. The number of ether oxygens (including phenoxy) is 4. The van der Waals surface area contributed by atoms with E-state index in [0.717, 1.165) is 59.5 Å². The Hall–Kier alpha value is -3.02. The summed E-state index contributed by atoms with van der Waals surface area (Å²) in [5.41, 5.74) is 3.87. The highest BCUT2D eigenvalue weighted by atomic mass is 28.4. The summed E-state index contributed by atoms with van der Waals surface area (Å²) in [5, 5.41) is 11.1. The lowest BCUT2D eigenvalue weighted by atomic mass is 10.1. The van der Waals surface area contributed by atoms with Crippen molar-refractivity contribution >= 4 is 19.2 Å². The lowest BCUT2D eigenvalue weighted by Gasteiger charge is -2.36. The summed E-state index contributed by atoms with van der Waals surface area (Å²) in [5.74, 6) is 0.881. The van der Waals surface area contributed by atoms with Crippen LogP contribution >= 0.6 is 0 Å². The van der Waals surface area contributed by atoms with Gasteiger partial charge in [0.2, 0.25) is 8.32 Å². The number of rotatable bonds is 15. The van der Waals surface area contributed by atoms with Crippen LogP contribution in [0.2, 0.25) is 18.1 Å². The maximum Gasteiger partial charge on any atom is 0.250 e. The van der Waals surface area contributed by atoms with E-state index in [9.17, 15) is 0 Å². The first-order valence-corrected chi connectivity index (χ1v) is 19.2. The molecule has 0 N–H and O–H groups in total. The van der Waals surface area contributed by atoms with Crippen molar-refractivity contribution in [2.75, 3.05) is 33.0 Å². The van der Waals surface area contributed by atoms with E-state index in [-0.39, 0.29) is 17.4 Å². The van der Waals surface area contributed by atoms with Crippen LogP contribution in [0.4, 0.5) is 0 Å². The minimum atomic E-state index is -2.00. The highest BCUT2D eigenvalue weighted by Crippen LogP contribution is 2.39. The predicted octanol–water partition coefficient (Wildman–Crippen LogP) is 7.62. The van der Waals surface area contributed by atoms with Crippen molar-refractivity contribution in [3.05, 3.63) is 66.4 Å². The molecule has 1 aliphatic rings. The van der Waals surface area contributed by atoms with Gasteiger partial charge in [-0.1, -0.05) is 51.1 Å². The molecule has 9 nitrogen and oxygen atoms in total. The minimum Gasteiger partial charge on any atom is -0.543 e. The van der Waals surface area contributed by atoms with Gasteiger partial charge in [-0.05, 0) is 74.1 Å². The van der Waals surface area contributed by atoms with Crippen LogP contribution in [-0.2, 0) is 32.1 Å². The number of nitrogens with zero attached hydrogens (tertiary/aromatic N) is 4. The zero-order chi connectivity index (χ0) is 31.9. The molecule has 3 heterocycles. The van der Waals surface area contributed by atoms with Gasteiger partial charge in [0.05, 0.1) is 51.2 Å². The van der Waals surface area contributed by atoms with Gasteiger partial charge in [-0.3, -0.25) is 4.68 Å². The molecule has 5 rings (SSSR count). The molecular weight excluding hydrogens is 584 g/mol. The molecule has 0 amide bonds. The standard InChI is InChI=1S/C35H50N4O5Si/c1-27(43-26-28-12-8-7-9-13-28)25-41-23-22-40-21-19-38-18-17-31(36-38)34-30-24-29(44-45(5,6)35(2,3)4)15-16-32(30)39(37-34)33-14-10-11-20-42-33/h7-9,12-13,15-18,24,27,33H,10-11,14,19-23,25-26H2,1-6H3. The van der Waals surface area contributed by atoms with Crippen LogP contribution in [0.3, 0.4) is 0 Å². The quantitative estimate of drug-likeness (QED) is 0.0983. The van der Waals surface area contributed by atoms with Crippen LogP contribution in [-0.4, -0.2) is 67.0 Å².